The Morgan fingerprint density at radius 2 is 1.65 bits per heavy atom. The summed E-state index contributed by atoms with van der Waals surface area (Å²) in [6.45, 7) is 12.0. The van der Waals surface area contributed by atoms with Gasteiger partial charge in [0.25, 0.3) is 5.91 Å². The monoisotopic (exact) mass is 276 g/mol. The molecule has 0 spiro atoms. The van der Waals surface area contributed by atoms with Crippen molar-refractivity contribution in [3.63, 3.8) is 0 Å². The highest BCUT2D eigenvalue weighted by Gasteiger charge is 2.19. The predicted octanol–water partition coefficient (Wildman–Crippen LogP) is 3.09. The number of carbonyl (C=O) groups excluding carboxylic acids is 1. The molecule has 1 amide bonds. The van der Waals surface area contributed by atoms with E-state index in [4.69, 9.17) is 5.73 Å². The normalized spacial score (nSPS) is 12.3. The number of carbonyl (C=O) groups is 1. The second kappa shape index (κ2) is 6.40. The van der Waals surface area contributed by atoms with Crippen molar-refractivity contribution in [3.05, 3.63) is 35.4 Å². The Bertz CT molecular complexity index is 441. The van der Waals surface area contributed by atoms with Crippen LogP contribution in [0.1, 0.15) is 57.0 Å². The zero-order valence-corrected chi connectivity index (χ0v) is 13.4. The minimum Gasteiger partial charge on any atom is -0.352 e. The van der Waals surface area contributed by atoms with Gasteiger partial charge in [-0.25, -0.2) is 0 Å². The van der Waals surface area contributed by atoms with Gasteiger partial charge in [0.1, 0.15) is 0 Å². The van der Waals surface area contributed by atoms with Crippen molar-refractivity contribution in [3.8, 4) is 0 Å². The van der Waals surface area contributed by atoms with Crippen LogP contribution in [0.15, 0.2) is 24.3 Å². The van der Waals surface area contributed by atoms with Crippen molar-refractivity contribution in [1.82, 2.24) is 5.32 Å². The molecule has 0 heterocycles. The fraction of sp³-hybridized carbons (Fsp3) is 0.588. The van der Waals surface area contributed by atoms with Crippen LogP contribution in [0.5, 0.6) is 0 Å². The molecular weight excluding hydrogens is 248 g/mol. The quantitative estimate of drug-likeness (QED) is 0.868. The molecule has 0 radical (unpaired) electrons. The van der Waals surface area contributed by atoms with Crippen LogP contribution in [0, 0.1) is 5.41 Å². The molecule has 0 bridgehead atoms. The van der Waals surface area contributed by atoms with Crippen LogP contribution in [0.3, 0.4) is 0 Å². The maximum Gasteiger partial charge on any atom is 0.251 e. The van der Waals surface area contributed by atoms with Gasteiger partial charge >= 0.3 is 0 Å². The predicted molar refractivity (Wildman–Crippen MR) is 84.9 cm³/mol. The molecule has 0 unspecified atom stereocenters. The fourth-order valence-electron chi connectivity index (χ4n) is 2.02. The lowest BCUT2D eigenvalue weighted by molar-refractivity contribution is 0.0935. The smallest absolute Gasteiger partial charge is 0.251 e. The lowest BCUT2D eigenvalue weighted by Crippen LogP contribution is -2.35. The molecule has 0 aliphatic rings. The van der Waals surface area contributed by atoms with Gasteiger partial charge in [-0.15, -0.1) is 0 Å². The summed E-state index contributed by atoms with van der Waals surface area (Å²) in [6.07, 6.45) is 0.899. The van der Waals surface area contributed by atoms with Gasteiger partial charge in [0.05, 0.1) is 0 Å². The third kappa shape index (κ3) is 4.97. The summed E-state index contributed by atoms with van der Waals surface area (Å²) in [7, 11) is 0. The Morgan fingerprint density at radius 3 is 2.10 bits per heavy atom. The summed E-state index contributed by atoms with van der Waals surface area (Å²) in [4.78, 5) is 12.1. The van der Waals surface area contributed by atoms with Gasteiger partial charge < -0.3 is 11.1 Å². The van der Waals surface area contributed by atoms with Crippen molar-refractivity contribution >= 4 is 5.91 Å². The first-order valence-corrected chi connectivity index (χ1v) is 7.24. The molecule has 1 aromatic carbocycles. The van der Waals surface area contributed by atoms with Crippen LogP contribution >= 0.6 is 0 Å². The number of hydrogen-bond acceptors (Lipinski definition) is 2. The molecular formula is C17H28N2O. The Morgan fingerprint density at radius 1 is 1.10 bits per heavy atom. The van der Waals surface area contributed by atoms with E-state index in [1.165, 1.54) is 5.56 Å². The second-order valence-corrected chi connectivity index (χ2v) is 7.21. The van der Waals surface area contributed by atoms with E-state index in [9.17, 15) is 4.79 Å². The summed E-state index contributed by atoms with van der Waals surface area (Å²) in [5, 5.41) is 2.99. The molecule has 3 nitrogen and oxygen atoms in total. The first kappa shape index (κ1) is 16.7. The molecule has 0 aromatic heterocycles. The largest absolute Gasteiger partial charge is 0.352 e. The van der Waals surface area contributed by atoms with Gasteiger partial charge in [-0.05, 0) is 41.5 Å². The van der Waals surface area contributed by atoms with Crippen molar-refractivity contribution in [2.24, 2.45) is 11.1 Å². The maximum atomic E-state index is 12.1. The number of nitrogens with two attached hydrogens (primary N) is 1. The number of rotatable bonds is 5. The van der Waals surface area contributed by atoms with E-state index in [1.54, 1.807) is 0 Å². The third-order valence-corrected chi connectivity index (χ3v) is 3.56. The van der Waals surface area contributed by atoms with Gasteiger partial charge in [0.2, 0.25) is 0 Å². The number of hydrogen-bond donors (Lipinski definition) is 2. The average molecular weight is 276 g/mol. The Kier molecular flexibility index (Phi) is 5.35. The van der Waals surface area contributed by atoms with Crippen LogP contribution in [-0.2, 0) is 5.41 Å². The molecule has 112 valence electrons. The highest BCUT2D eigenvalue weighted by Crippen LogP contribution is 2.22. The van der Waals surface area contributed by atoms with Crippen molar-refractivity contribution in [2.45, 2.75) is 46.5 Å². The van der Waals surface area contributed by atoms with Gasteiger partial charge in [0.15, 0.2) is 0 Å². The fourth-order valence-corrected chi connectivity index (χ4v) is 2.02. The number of amides is 1. The molecule has 0 atom stereocenters. The lowest BCUT2D eigenvalue weighted by Gasteiger charge is -2.24. The topological polar surface area (TPSA) is 55.1 Å². The van der Waals surface area contributed by atoms with E-state index < -0.39 is 0 Å². The van der Waals surface area contributed by atoms with Crippen molar-refractivity contribution in [1.29, 1.82) is 0 Å². The van der Waals surface area contributed by atoms with E-state index in [2.05, 4.69) is 39.9 Å². The Balaban J connectivity index is 2.65. The van der Waals surface area contributed by atoms with Crippen molar-refractivity contribution < 1.29 is 4.79 Å². The maximum absolute atomic E-state index is 12.1. The molecule has 3 N–H and O–H groups in total. The van der Waals surface area contributed by atoms with E-state index >= 15 is 0 Å². The highest BCUT2D eigenvalue weighted by molar-refractivity contribution is 5.94. The van der Waals surface area contributed by atoms with Gasteiger partial charge in [-0.2, -0.15) is 0 Å². The first-order chi connectivity index (χ1) is 9.15. The minimum absolute atomic E-state index is 0.0180. The zero-order valence-electron chi connectivity index (χ0n) is 13.4. The Labute approximate surface area is 122 Å². The number of benzene rings is 1. The van der Waals surface area contributed by atoms with Crippen LogP contribution in [0.4, 0.5) is 0 Å². The standard InChI is InChI=1S/C17H28N2O/c1-16(2,3)14-8-6-13(7-9-14)15(20)19-12-17(4,5)10-11-18/h6-9H,10-12,18H2,1-5H3,(H,19,20). The van der Waals surface area contributed by atoms with Crippen LogP contribution < -0.4 is 11.1 Å². The number of nitrogens with one attached hydrogen (secondary N) is 1. The first-order valence-electron chi connectivity index (χ1n) is 7.24. The molecule has 0 aliphatic heterocycles. The molecule has 0 aliphatic carbocycles. The lowest BCUT2D eigenvalue weighted by atomic mass is 9.86. The summed E-state index contributed by atoms with van der Waals surface area (Å²) in [6, 6.07) is 7.84. The summed E-state index contributed by atoms with van der Waals surface area (Å²) >= 11 is 0. The average Bonchev–Trinajstić information content (AvgIpc) is 2.35. The molecule has 0 saturated heterocycles. The van der Waals surface area contributed by atoms with E-state index in [0.29, 0.717) is 18.7 Å². The van der Waals surface area contributed by atoms with Crippen LogP contribution in [0.25, 0.3) is 0 Å². The van der Waals surface area contributed by atoms with Gasteiger partial charge in [-0.1, -0.05) is 46.8 Å². The van der Waals surface area contributed by atoms with Crippen molar-refractivity contribution in [2.75, 3.05) is 13.1 Å². The second-order valence-electron chi connectivity index (χ2n) is 7.21. The van der Waals surface area contributed by atoms with Gasteiger partial charge in [0, 0.05) is 12.1 Å². The van der Waals surface area contributed by atoms with E-state index in [-0.39, 0.29) is 16.7 Å². The Hall–Kier alpha value is -1.35. The SMILES string of the molecule is CC(C)(CCN)CNC(=O)c1ccc(C(C)(C)C)cc1. The molecule has 3 heteroatoms. The molecule has 0 saturated carbocycles. The summed E-state index contributed by atoms with van der Waals surface area (Å²) < 4.78 is 0. The summed E-state index contributed by atoms with van der Waals surface area (Å²) in [5.41, 5.74) is 7.67. The van der Waals surface area contributed by atoms with Crippen LogP contribution in [0.2, 0.25) is 0 Å². The van der Waals surface area contributed by atoms with Crippen LogP contribution in [-0.4, -0.2) is 19.0 Å². The van der Waals surface area contributed by atoms with E-state index in [1.807, 2.05) is 24.3 Å². The highest BCUT2D eigenvalue weighted by atomic mass is 16.1. The molecule has 0 fully saturated rings. The summed E-state index contributed by atoms with van der Waals surface area (Å²) in [5.74, 6) is -0.0180. The molecule has 1 aromatic rings. The molecule has 20 heavy (non-hydrogen) atoms. The minimum atomic E-state index is -0.0180. The van der Waals surface area contributed by atoms with Gasteiger partial charge in [-0.3, -0.25) is 4.79 Å². The van der Waals surface area contributed by atoms with E-state index in [0.717, 1.165) is 6.42 Å². The third-order valence-electron chi connectivity index (χ3n) is 3.56. The zero-order chi connectivity index (χ0) is 15.4. The molecule has 1 rings (SSSR count).